The Morgan fingerprint density at radius 2 is 1.03 bits per heavy atom. The van der Waals surface area contributed by atoms with Crippen molar-refractivity contribution in [3.05, 3.63) is 24.3 Å². The van der Waals surface area contributed by atoms with E-state index in [1.54, 1.807) is 0 Å². The van der Waals surface area contributed by atoms with Gasteiger partial charge in [-0.15, -0.1) is 0 Å². The molecule has 0 aromatic heterocycles. The Morgan fingerprint density at radius 1 is 0.586 bits per heavy atom. The number of esters is 2. The first-order valence-corrected chi connectivity index (χ1v) is 23.7. The zero-order valence-electron chi connectivity index (χ0n) is 38.0. The van der Waals surface area contributed by atoms with Gasteiger partial charge in [0.1, 0.15) is 19.8 Å². The van der Waals surface area contributed by atoms with E-state index in [4.69, 9.17) is 23.7 Å². The Hall–Kier alpha value is -2.43. The number of allylic oxidation sites excluding steroid dienone is 4. The number of likely N-dealkylation sites (N-methyl/N-ethyl adjacent to an activating group) is 1. The lowest BCUT2D eigenvalue weighted by Gasteiger charge is -2.46. The highest BCUT2D eigenvalue weighted by atomic mass is 16.7. The first-order valence-electron chi connectivity index (χ1n) is 23.7. The van der Waals surface area contributed by atoms with E-state index in [1.807, 2.05) is 14.0 Å². The van der Waals surface area contributed by atoms with Crippen molar-refractivity contribution in [2.45, 2.75) is 206 Å². The van der Waals surface area contributed by atoms with E-state index in [1.165, 1.54) is 77.0 Å². The molecule has 0 radical (unpaired) electrons. The highest BCUT2D eigenvalue weighted by Crippen LogP contribution is 2.18. The van der Waals surface area contributed by atoms with Crippen molar-refractivity contribution in [2.24, 2.45) is 5.92 Å². The van der Waals surface area contributed by atoms with Gasteiger partial charge in [0.15, 0.2) is 6.29 Å². The second-order valence-electron chi connectivity index (χ2n) is 16.9. The summed E-state index contributed by atoms with van der Waals surface area (Å²) in [6.45, 7) is 11.3. The number of nitrogens with one attached hydrogen (secondary N) is 1. The van der Waals surface area contributed by atoms with Gasteiger partial charge in [0.2, 0.25) is 0 Å². The zero-order valence-corrected chi connectivity index (χ0v) is 38.0. The van der Waals surface area contributed by atoms with Gasteiger partial charge in [0, 0.05) is 39.1 Å². The number of likely N-dealkylation sites (tertiary alicyclic amines) is 1. The molecule has 58 heavy (non-hydrogen) atoms. The Kier molecular flexibility index (Phi) is 34.7. The fourth-order valence-electron chi connectivity index (χ4n) is 7.14. The minimum Gasteiger partial charge on any atom is -0.465 e. The van der Waals surface area contributed by atoms with E-state index in [0.717, 1.165) is 83.7 Å². The predicted molar refractivity (Wildman–Crippen MR) is 237 cm³/mol. The lowest BCUT2D eigenvalue weighted by Crippen LogP contribution is -2.67. The van der Waals surface area contributed by atoms with Crippen LogP contribution < -0.4 is 5.32 Å². The molecule has 0 bridgehead atoms. The van der Waals surface area contributed by atoms with E-state index < -0.39 is 18.3 Å². The first-order chi connectivity index (χ1) is 28.2. The molecule has 10 heteroatoms. The van der Waals surface area contributed by atoms with Crippen LogP contribution in [0.4, 0.5) is 4.79 Å². The van der Waals surface area contributed by atoms with E-state index in [-0.39, 0.29) is 43.7 Å². The number of hydrogen-bond donors (Lipinski definition) is 1. The third-order valence-electron chi connectivity index (χ3n) is 10.6. The molecule has 1 unspecified atom stereocenters. The number of carbonyl (C=O) groups excluding carboxylic acids is 3. The van der Waals surface area contributed by atoms with Crippen molar-refractivity contribution < 1.29 is 38.1 Å². The Morgan fingerprint density at radius 3 is 1.59 bits per heavy atom. The molecular formula is C48H88N2O8. The monoisotopic (exact) mass is 821 g/mol. The van der Waals surface area contributed by atoms with Gasteiger partial charge < -0.3 is 33.9 Å². The second-order valence-corrected chi connectivity index (χ2v) is 16.9. The minimum absolute atomic E-state index is 0.00498. The Bertz CT molecular complexity index is 1040. The van der Waals surface area contributed by atoms with Gasteiger partial charge in [-0.05, 0) is 65.3 Å². The molecule has 0 spiro atoms. The third-order valence-corrected chi connectivity index (χ3v) is 10.6. The summed E-state index contributed by atoms with van der Waals surface area (Å²) >= 11 is 0. The fraction of sp³-hybridized carbons (Fsp3) is 0.854. The molecule has 0 aliphatic carbocycles. The maximum Gasteiger partial charge on any atom is 0.407 e. The van der Waals surface area contributed by atoms with Crippen molar-refractivity contribution in [1.29, 1.82) is 0 Å². The molecule has 1 fully saturated rings. The fourth-order valence-corrected chi connectivity index (χ4v) is 7.14. The summed E-state index contributed by atoms with van der Waals surface area (Å²) in [5.74, 6) is -1.15. The van der Waals surface area contributed by atoms with Crippen LogP contribution in [0.15, 0.2) is 24.3 Å². The van der Waals surface area contributed by atoms with Gasteiger partial charge >= 0.3 is 18.0 Å². The molecule has 1 atom stereocenters. The van der Waals surface area contributed by atoms with E-state index >= 15 is 0 Å². The van der Waals surface area contributed by atoms with Crippen molar-refractivity contribution in [1.82, 2.24) is 10.2 Å². The van der Waals surface area contributed by atoms with Crippen LogP contribution in [0.5, 0.6) is 0 Å². The van der Waals surface area contributed by atoms with Crippen molar-refractivity contribution in [3.63, 3.8) is 0 Å². The van der Waals surface area contributed by atoms with Crippen LogP contribution in [0.2, 0.25) is 0 Å². The first kappa shape index (κ1) is 53.6. The van der Waals surface area contributed by atoms with Gasteiger partial charge in [-0.1, -0.05) is 141 Å². The minimum atomic E-state index is -0.531. The molecule has 1 rings (SSSR count). The molecule has 0 aromatic carbocycles. The highest BCUT2D eigenvalue weighted by molar-refractivity contribution is 5.70. The quantitative estimate of drug-likeness (QED) is 0.0212. The van der Waals surface area contributed by atoms with E-state index in [2.05, 4.69) is 55.3 Å². The van der Waals surface area contributed by atoms with Crippen molar-refractivity contribution in [3.8, 4) is 0 Å². The van der Waals surface area contributed by atoms with Gasteiger partial charge in [-0.3, -0.25) is 9.59 Å². The Balaban J connectivity index is 2.50. The van der Waals surface area contributed by atoms with Crippen LogP contribution in [0.3, 0.4) is 0 Å². The number of alkyl carbamates (subject to hydrolysis) is 1. The summed E-state index contributed by atoms with van der Waals surface area (Å²) in [7, 11) is 1.99. The smallest absolute Gasteiger partial charge is 0.407 e. The summed E-state index contributed by atoms with van der Waals surface area (Å²) < 4.78 is 29.0. The molecule has 338 valence electrons. The lowest BCUT2D eigenvalue weighted by molar-refractivity contribution is -0.161. The number of ether oxygens (including phenoxy) is 5. The SMILES string of the molecule is CCCCC/C=C\C/C=C\CCCCCCCC(=O)OCC(COC(=O)CCC(OCCCCCCCC)OCCCCCCCC)COC(=O)NC1(C)CN(C)C1. The third kappa shape index (κ3) is 32.4. The van der Waals surface area contributed by atoms with Gasteiger partial charge in [-0.2, -0.15) is 0 Å². The van der Waals surface area contributed by atoms with Gasteiger partial charge in [-0.25, -0.2) is 4.79 Å². The summed E-state index contributed by atoms with van der Waals surface area (Å²) in [6.07, 6.45) is 35.4. The number of unbranched alkanes of at least 4 members (excludes halogenated alkanes) is 18. The predicted octanol–water partition coefficient (Wildman–Crippen LogP) is 11.8. The zero-order chi connectivity index (χ0) is 42.4. The summed E-state index contributed by atoms with van der Waals surface area (Å²) in [4.78, 5) is 40.3. The van der Waals surface area contributed by atoms with Crippen LogP contribution in [-0.2, 0) is 33.3 Å². The maximum absolute atomic E-state index is 12.9. The molecule has 0 saturated carbocycles. The molecular weight excluding hydrogens is 733 g/mol. The maximum atomic E-state index is 12.9. The topological polar surface area (TPSA) is 113 Å². The van der Waals surface area contributed by atoms with Crippen LogP contribution in [0.1, 0.15) is 195 Å². The van der Waals surface area contributed by atoms with Gasteiger partial charge in [0.05, 0.1) is 17.9 Å². The average Bonchev–Trinajstić information content (AvgIpc) is 3.19. The number of nitrogens with zero attached hydrogens (tertiary/aromatic N) is 1. The van der Waals surface area contributed by atoms with Crippen molar-refractivity contribution >= 4 is 18.0 Å². The standard InChI is InChI=1S/C48H88N2O8/c1-6-9-12-15-18-19-20-21-22-23-24-25-26-27-30-33-44(51)56-38-43(40-58-47(53)49-48(4)41-50(5)42-48)39-57-45(52)34-35-46(54-36-31-28-16-13-10-7-2)55-37-32-29-17-14-11-8-3/h18-19,21-22,43,46H,6-17,20,23-42H2,1-5H3,(H,49,53)/b19-18-,22-21-. The molecule has 10 nitrogen and oxygen atoms in total. The molecule has 1 amide bonds. The van der Waals surface area contributed by atoms with E-state index in [9.17, 15) is 14.4 Å². The van der Waals surface area contributed by atoms with Crippen LogP contribution in [-0.4, -0.2) is 87.9 Å². The molecule has 1 N–H and O–H groups in total. The lowest BCUT2D eigenvalue weighted by atomic mass is 9.93. The summed E-state index contributed by atoms with van der Waals surface area (Å²) in [5.41, 5.74) is -0.341. The number of hydrogen-bond acceptors (Lipinski definition) is 9. The van der Waals surface area contributed by atoms with Crippen LogP contribution in [0.25, 0.3) is 0 Å². The number of amides is 1. The Labute approximate surface area is 355 Å². The highest BCUT2D eigenvalue weighted by Gasteiger charge is 2.38. The van der Waals surface area contributed by atoms with Crippen LogP contribution >= 0.6 is 0 Å². The average molecular weight is 821 g/mol. The molecule has 1 saturated heterocycles. The second kappa shape index (κ2) is 37.6. The number of rotatable bonds is 40. The molecule has 1 aliphatic rings. The van der Waals surface area contributed by atoms with Crippen molar-refractivity contribution in [2.75, 3.05) is 53.2 Å². The molecule has 0 aromatic rings. The van der Waals surface area contributed by atoms with E-state index in [0.29, 0.717) is 26.1 Å². The van der Waals surface area contributed by atoms with Gasteiger partial charge in [0.25, 0.3) is 0 Å². The summed E-state index contributed by atoms with van der Waals surface area (Å²) in [5, 5.41) is 2.93. The normalized spacial score (nSPS) is 14.6. The van der Waals surface area contributed by atoms with Crippen LogP contribution in [0, 0.1) is 5.92 Å². The summed E-state index contributed by atoms with van der Waals surface area (Å²) in [6, 6.07) is 0. The number of carbonyl (C=O) groups is 3. The molecule has 1 heterocycles. The molecule has 1 aliphatic heterocycles. The largest absolute Gasteiger partial charge is 0.465 e.